The second kappa shape index (κ2) is 12.5. The van der Waals surface area contributed by atoms with Crippen LogP contribution in [0.5, 0.6) is 0 Å². The molecule has 1 unspecified atom stereocenters. The Bertz CT molecular complexity index is 1140. The van der Waals surface area contributed by atoms with Crippen molar-refractivity contribution in [1.82, 2.24) is 9.55 Å². The van der Waals surface area contributed by atoms with Crippen molar-refractivity contribution >= 4 is 32.0 Å². The minimum atomic E-state index is -5.02. The fourth-order valence-electron chi connectivity index (χ4n) is 2.69. The van der Waals surface area contributed by atoms with Crippen LogP contribution in [0.25, 0.3) is 0 Å². The Morgan fingerprint density at radius 1 is 1.22 bits per heavy atom. The molecule has 0 saturated carbocycles. The lowest BCUT2D eigenvalue weighted by atomic mass is 9.96. The average Bonchev–Trinajstić information content (AvgIpc) is 3.02. The fourth-order valence-corrected chi connectivity index (χ4v) is 3.73. The summed E-state index contributed by atoms with van der Waals surface area (Å²) in [5.41, 5.74) is -2.74. The molecule has 0 spiro atoms. The predicted octanol–water partition coefficient (Wildman–Crippen LogP) is 1.39. The van der Waals surface area contributed by atoms with Crippen LogP contribution in [0.1, 0.15) is 43.6 Å². The number of phosphoric ester groups is 1. The van der Waals surface area contributed by atoms with Crippen LogP contribution in [0.3, 0.4) is 0 Å². The summed E-state index contributed by atoms with van der Waals surface area (Å²) in [6.07, 6.45) is -4.38. The van der Waals surface area contributed by atoms with E-state index in [4.69, 9.17) is 42.7 Å². The Kier molecular flexibility index (Phi) is 9.41. The molecule has 1 aliphatic heterocycles. The number of rotatable bonds is 12. The Morgan fingerprint density at radius 2 is 1.75 bits per heavy atom. The minimum absolute atomic E-state index is 0.201. The molecule has 3 N–H and O–H groups in total. The largest absolute Gasteiger partial charge is 0.480 e. The number of phosphoric acid groups is 1. The van der Waals surface area contributed by atoms with E-state index in [9.17, 15) is 29.2 Å². The first-order chi connectivity index (χ1) is 17.4. The van der Waals surface area contributed by atoms with Gasteiger partial charge in [-0.05, 0) is 19.1 Å². The number of esters is 2. The number of aliphatic hydroxyl groups is 2. The average molecular weight is 557 g/mol. The second-order valence-corrected chi connectivity index (χ2v) is 10.5. The molecule has 2 heterocycles. The normalized spacial score (nSPS) is 25.5. The van der Waals surface area contributed by atoms with Crippen molar-refractivity contribution in [1.29, 1.82) is 0 Å². The van der Waals surface area contributed by atoms with Crippen molar-refractivity contribution in [3.05, 3.63) is 27.4 Å². The van der Waals surface area contributed by atoms with Crippen LogP contribution in [0.4, 0.5) is 0 Å². The zero-order chi connectivity index (χ0) is 29.1. The van der Waals surface area contributed by atoms with Crippen molar-refractivity contribution < 1.29 is 54.9 Å². The molecule has 0 aromatic carbocycles. The van der Waals surface area contributed by atoms with Gasteiger partial charge in [-0.3, -0.25) is 28.5 Å². The highest BCUT2D eigenvalue weighted by Crippen LogP contribution is 2.50. The highest BCUT2D eigenvalue weighted by molar-refractivity contribution is 7.71. The van der Waals surface area contributed by atoms with Gasteiger partial charge < -0.3 is 24.4 Å². The first-order valence-electron chi connectivity index (χ1n) is 11.7. The van der Waals surface area contributed by atoms with Gasteiger partial charge >= 0.3 is 19.8 Å². The van der Waals surface area contributed by atoms with E-state index in [2.05, 4.69) is 4.98 Å². The van der Waals surface area contributed by atoms with Crippen molar-refractivity contribution in [2.24, 2.45) is 11.8 Å². The quantitative estimate of drug-likeness (QED) is 0.145. The van der Waals surface area contributed by atoms with E-state index >= 15 is 0 Å². The number of hydrogen-bond donors (Lipinski definition) is 3. The van der Waals surface area contributed by atoms with E-state index in [1.54, 1.807) is 0 Å². The maximum atomic E-state index is 13.2. The van der Waals surface area contributed by atoms with Crippen LogP contribution >= 0.6 is 20.0 Å². The Labute approximate surface area is 214 Å². The van der Waals surface area contributed by atoms with Crippen LogP contribution in [-0.2, 0) is 41.9 Å². The summed E-state index contributed by atoms with van der Waals surface area (Å²) < 4.78 is 60.6. The molecule has 1 fully saturated rings. The van der Waals surface area contributed by atoms with Gasteiger partial charge in [0.1, 0.15) is 17.8 Å². The molecule has 0 aliphatic carbocycles. The monoisotopic (exact) mass is 556 g/mol. The highest BCUT2D eigenvalue weighted by Gasteiger charge is 2.53. The molecular formula is C20H31N2O12PS. The lowest BCUT2D eigenvalue weighted by molar-refractivity contribution is -0.158. The summed E-state index contributed by atoms with van der Waals surface area (Å²) >= 11 is 5.05. The molecule has 1 aromatic rings. The smallest absolute Gasteiger partial charge is 0.438 e. The summed E-state index contributed by atoms with van der Waals surface area (Å²) in [6.45, 7) is 2.05. The number of hydrogen-bond acceptors (Lipinski definition) is 13. The first-order valence-corrected chi connectivity index (χ1v) is 12.6. The van der Waals surface area contributed by atoms with Gasteiger partial charge in [-0.25, -0.2) is 13.6 Å². The van der Waals surface area contributed by atoms with E-state index in [-0.39, 0.29) is 4.77 Å². The molecule has 14 nitrogen and oxygen atoms in total. The van der Waals surface area contributed by atoms with E-state index < -0.39 is 81.3 Å². The second-order valence-electron chi connectivity index (χ2n) is 8.48. The van der Waals surface area contributed by atoms with Gasteiger partial charge in [0.15, 0.2) is 11.0 Å². The zero-order valence-electron chi connectivity index (χ0n) is 22.2. The Morgan fingerprint density at radius 3 is 2.22 bits per heavy atom. The van der Waals surface area contributed by atoms with Crippen LogP contribution in [0.15, 0.2) is 17.1 Å². The van der Waals surface area contributed by atoms with E-state index in [0.717, 1.165) is 23.8 Å². The third kappa shape index (κ3) is 7.76. The van der Waals surface area contributed by atoms with Gasteiger partial charge in [0, 0.05) is 12.3 Å². The number of nitrogens with one attached hydrogen (secondary N) is 1. The van der Waals surface area contributed by atoms with Crippen LogP contribution in [-0.4, -0.2) is 69.7 Å². The maximum Gasteiger partial charge on any atom is 0.480 e. The molecule has 204 valence electrons. The summed E-state index contributed by atoms with van der Waals surface area (Å²) in [7, 11) is -5.02. The van der Waals surface area contributed by atoms with E-state index in [1.807, 2.05) is 0 Å². The summed E-state index contributed by atoms with van der Waals surface area (Å²) in [6, 6.07) is 1.06. The van der Waals surface area contributed by atoms with Gasteiger partial charge in [-0.1, -0.05) is 27.7 Å². The molecule has 1 saturated heterocycles. The predicted molar refractivity (Wildman–Crippen MR) is 124 cm³/mol. The molecular weight excluding hydrogens is 523 g/mol. The van der Waals surface area contributed by atoms with Gasteiger partial charge in [0.2, 0.25) is 13.6 Å². The summed E-state index contributed by atoms with van der Waals surface area (Å²) in [4.78, 5) is 37.2. The minimum Gasteiger partial charge on any atom is -0.438 e. The third-order valence-corrected chi connectivity index (χ3v) is 6.30. The van der Waals surface area contributed by atoms with Crippen molar-refractivity contribution in [3.63, 3.8) is 0 Å². The Hall–Kier alpha value is -1.97. The first kappa shape index (κ1) is 27.1. The lowest BCUT2D eigenvalue weighted by Gasteiger charge is -2.28. The number of carbonyl (C=O) groups is 2. The summed E-state index contributed by atoms with van der Waals surface area (Å²) in [5, 5.41) is 21.6. The summed E-state index contributed by atoms with van der Waals surface area (Å²) in [5.74, 6) is -2.62. The third-order valence-electron chi connectivity index (χ3n) is 4.81. The number of aliphatic hydroxyl groups excluding tert-OH is 1. The SMILES string of the molecule is [2H]C([2H])(OP(=O)(OCOC(=O)C(C)C)OCOC(=O)C(C)C)[C@H]1O[C@@H](n2ccc(=O)[nH]c2=S)C(C)(O)[C@H]1O. The number of aromatic nitrogens is 2. The molecule has 4 atom stereocenters. The van der Waals surface area contributed by atoms with Gasteiger partial charge in [-0.2, -0.15) is 0 Å². The highest BCUT2D eigenvalue weighted by atomic mass is 32.1. The van der Waals surface area contributed by atoms with E-state index in [1.165, 1.54) is 27.7 Å². The topological polar surface area (TPSA) is 185 Å². The molecule has 0 bridgehead atoms. The number of aromatic amines is 1. The number of carbonyl (C=O) groups excluding carboxylic acids is 2. The van der Waals surface area contributed by atoms with Crippen LogP contribution in [0, 0.1) is 16.6 Å². The molecule has 2 rings (SSSR count). The van der Waals surface area contributed by atoms with Crippen molar-refractivity contribution in [2.75, 3.05) is 20.1 Å². The molecule has 16 heteroatoms. The molecule has 0 amide bonds. The fraction of sp³-hybridized carbons (Fsp3) is 0.700. The maximum absolute atomic E-state index is 13.2. The van der Waals surface area contributed by atoms with Crippen molar-refractivity contribution in [3.8, 4) is 0 Å². The van der Waals surface area contributed by atoms with Gasteiger partial charge in [-0.15, -0.1) is 0 Å². The lowest BCUT2D eigenvalue weighted by Crippen LogP contribution is -2.44. The molecule has 1 aromatic heterocycles. The number of ether oxygens (including phenoxy) is 3. The number of H-pyrrole nitrogens is 1. The molecule has 1 aliphatic rings. The van der Waals surface area contributed by atoms with Crippen LogP contribution in [0.2, 0.25) is 0 Å². The van der Waals surface area contributed by atoms with Crippen LogP contribution < -0.4 is 5.56 Å². The van der Waals surface area contributed by atoms with Gasteiger partial charge in [0.25, 0.3) is 5.56 Å². The molecule has 36 heavy (non-hydrogen) atoms. The molecule has 0 radical (unpaired) electrons. The zero-order valence-corrected chi connectivity index (χ0v) is 21.9. The number of nitrogens with zero attached hydrogens (tertiary/aromatic N) is 1. The van der Waals surface area contributed by atoms with Gasteiger partial charge in [0.05, 0.1) is 21.1 Å². The Balaban J connectivity index is 2.28. The van der Waals surface area contributed by atoms with E-state index in [0.29, 0.717) is 0 Å². The van der Waals surface area contributed by atoms with Crippen molar-refractivity contribution in [2.45, 2.75) is 58.7 Å². The standard InChI is InChI=1S/C20H31N2O12PS/c1-11(2)16(25)29-9-32-35(28,33-10-30-17(26)12(3)4)31-8-13-15(24)20(5,27)18(34-13)22-7-6-14(23)21-19(22)36/h6-7,11-13,15,18,24,27H,8-10H2,1-5H3,(H,21,23,36)/t13-,15+,18-,20?/m1/s1/i8D2.